The molecule has 1 aliphatic rings. The summed E-state index contributed by atoms with van der Waals surface area (Å²) in [6.07, 6.45) is 1.92. The molecule has 1 aliphatic heterocycles. The molecule has 0 aromatic carbocycles. The summed E-state index contributed by atoms with van der Waals surface area (Å²) in [5.41, 5.74) is 3.17. The average molecular weight is 388 g/mol. The van der Waals surface area contributed by atoms with Crippen molar-refractivity contribution in [3.8, 4) is 0 Å². The summed E-state index contributed by atoms with van der Waals surface area (Å²) in [4.78, 5) is 20.1. The van der Waals surface area contributed by atoms with Gasteiger partial charge in [0.1, 0.15) is 0 Å². The smallest absolute Gasteiger partial charge is 0.252 e. The summed E-state index contributed by atoms with van der Waals surface area (Å²) >= 11 is 0. The maximum atomic E-state index is 13.2. The fraction of sp³-hybridized carbons (Fsp3) is 0.667. The molecule has 1 fully saturated rings. The van der Waals surface area contributed by atoms with Gasteiger partial charge in [0.05, 0.1) is 16.6 Å². The molecule has 0 atom stereocenters. The highest BCUT2D eigenvalue weighted by molar-refractivity contribution is 6.06. The number of nitrogens with zero attached hydrogens (tertiary/aromatic N) is 4. The molecule has 0 aliphatic carbocycles. The summed E-state index contributed by atoms with van der Waals surface area (Å²) in [5, 5.41) is 8.69. The van der Waals surface area contributed by atoms with Crippen LogP contribution in [0.4, 0.5) is 0 Å². The van der Waals surface area contributed by atoms with Crippen molar-refractivity contribution in [1.29, 1.82) is 0 Å². The van der Waals surface area contributed by atoms with Gasteiger partial charge in [-0.15, -0.1) is 0 Å². The van der Waals surface area contributed by atoms with E-state index in [-0.39, 0.29) is 17.4 Å². The van der Waals surface area contributed by atoms with Gasteiger partial charge in [-0.2, -0.15) is 5.10 Å². The Morgan fingerprint density at radius 2 is 2.00 bits per heavy atom. The molecule has 1 amide bonds. The van der Waals surface area contributed by atoms with Gasteiger partial charge in [-0.1, -0.05) is 0 Å². The highest BCUT2D eigenvalue weighted by Gasteiger charge is 2.34. The first-order valence-electron chi connectivity index (χ1n) is 10.1. The molecule has 0 unspecified atom stereocenters. The molecule has 28 heavy (non-hydrogen) atoms. The van der Waals surface area contributed by atoms with E-state index in [1.165, 1.54) is 0 Å². The van der Waals surface area contributed by atoms with Crippen LogP contribution in [0.25, 0.3) is 11.0 Å². The number of aromatic nitrogens is 3. The van der Waals surface area contributed by atoms with Gasteiger partial charge in [0.25, 0.3) is 5.91 Å². The standard InChI is InChI=1S/C21H33N5O2/c1-14(2)26-19-18(16(4)24-26)17(11-15(3)23-19)20(27)22-12-21(13-25(5)6)7-9-28-10-8-21/h11,14H,7-10,12-13H2,1-6H3,(H,22,27). The number of fused-ring (bicyclic) bond motifs is 1. The van der Waals surface area contributed by atoms with Crippen LogP contribution in [-0.4, -0.2) is 66.0 Å². The van der Waals surface area contributed by atoms with E-state index < -0.39 is 0 Å². The lowest BCUT2D eigenvalue weighted by molar-refractivity contribution is 0.00286. The lowest BCUT2D eigenvalue weighted by Crippen LogP contribution is -2.47. The molecule has 2 aromatic rings. The number of pyridine rings is 1. The van der Waals surface area contributed by atoms with E-state index in [1.807, 2.05) is 24.6 Å². The fourth-order valence-corrected chi connectivity index (χ4v) is 4.21. The first-order valence-corrected chi connectivity index (χ1v) is 10.1. The monoisotopic (exact) mass is 387 g/mol. The lowest BCUT2D eigenvalue weighted by Gasteiger charge is -2.39. The molecule has 7 nitrogen and oxygen atoms in total. The van der Waals surface area contributed by atoms with E-state index in [4.69, 9.17) is 4.74 Å². The van der Waals surface area contributed by atoms with Crippen LogP contribution in [-0.2, 0) is 4.74 Å². The Labute approximate surface area is 167 Å². The van der Waals surface area contributed by atoms with Gasteiger partial charge in [-0.05, 0) is 60.7 Å². The number of hydrogen-bond acceptors (Lipinski definition) is 5. The van der Waals surface area contributed by atoms with Crippen molar-refractivity contribution in [2.45, 2.75) is 46.6 Å². The highest BCUT2D eigenvalue weighted by atomic mass is 16.5. The Hall–Kier alpha value is -1.99. The molecule has 3 heterocycles. The molecule has 0 radical (unpaired) electrons. The summed E-state index contributed by atoms with van der Waals surface area (Å²) in [6.45, 7) is 11.1. The molecule has 0 saturated carbocycles. The third kappa shape index (κ3) is 4.20. The van der Waals surface area contributed by atoms with Crippen molar-refractivity contribution in [1.82, 2.24) is 25.0 Å². The van der Waals surface area contributed by atoms with E-state index in [9.17, 15) is 4.79 Å². The van der Waals surface area contributed by atoms with Crippen LogP contribution in [0.5, 0.6) is 0 Å². The van der Waals surface area contributed by atoms with Gasteiger partial charge in [-0.3, -0.25) is 4.79 Å². The summed E-state index contributed by atoms with van der Waals surface area (Å²) in [6, 6.07) is 2.06. The van der Waals surface area contributed by atoms with Crippen LogP contribution >= 0.6 is 0 Å². The van der Waals surface area contributed by atoms with E-state index in [0.717, 1.165) is 55.0 Å². The maximum Gasteiger partial charge on any atom is 0.252 e. The van der Waals surface area contributed by atoms with Gasteiger partial charge in [0.15, 0.2) is 5.65 Å². The SMILES string of the molecule is Cc1cc(C(=O)NCC2(CN(C)C)CCOCC2)c2c(C)nn(C(C)C)c2n1. The van der Waals surface area contributed by atoms with E-state index in [2.05, 4.69) is 48.2 Å². The predicted octanol–water partition coefficient (Wildman–Crippen LogP) is 2.72. The fourth-order valence-electron chi connectivity index (χ4n) is 4.21. The molecule has 154 valence electrons. The van der Waals surface area contributed by atoms with E-state index >= 15 is 0 Å². The molecule has 0 bridgehead atoms. The van der Waals surface area contributed by atoms with Crippen molar-refractivity contribution in [2.75, 3.05) is 40.4 Å². The first-order chi connectivity index (χ1) is 13.2. The number of carbonyl (C=O) groups excluding carboxylic acids is 1. The van der Waals surface area contributed by atoms with Crippen LogP contribution in [0.1, 0.15) is 54.5 Å². The number of hydrogen-bond donors (Lipinski definition) is 1. The minimum Gasteiger partial charge on any atom is -0.381 e. The normalized spacial score (nSPS) is 16.9. The number of amides is 1. The van der Waals surface area contributed by atoms with Crippen LogP contribution in [0, 0.1) is 19.3 Å². The van der Waals surface area contributed by atoms with Gasteiger partial charge < -0.3 is 15.0 Å². The second-order valence-electron chi connectivity index (χ2n) is 8.67. The summed E-state index contributed by atoms with van der Waals surface area (Å²) in [7, 11) is 4.16. The van der Waals surface area contributed by atoms with Gasteiger partial charge >= 0.3 is 0 Å². The van der Waals surface area contributed by atoms with Crippen molar-refractivity contribution in [3.05, 3.63) is 23.0 Å². The zero-order valence-electron chi connectivity index (χ0n) is 18.0. The molecular formula is C21H33N5O2. The van der Waals surface area contributed by atoms with Crippen LogP contribution in [0.15, 0.2) is 6.07 Å². The number of ether oxygens (including phenoxy) is 1. The Kier molecular flexibility index (Phi) is 6.05. The van der Waals surface area contributed by atoms with Gasteiger partial charge in [0.2, 0.25) is 0 Å². The minimum absolute atomic E-state index is 0.0495. The quantitative estimate of drug-likeness (QED) is 0.825. The summed E-state index contributed by atoms with van der Waals surface area (Å²) < 4.78 is 7.46. The molecule has 3 rings (SSSR count). The Bertz CT molecular complexity index is 850. The van der Waals surface area contributed by atoms with Crippen molar-refractivity contribution < 1.29 is 9.53 Å². The number of nitrogens with one attached hydrogen (secondary N) is 1. The zero-order chi connectivity index (χ0) is 20.5. The van der Waals surface area contributed by atoms with Gasteiger partial charge in [0, 0.05) is 43.5 Å². The summed E-state index contributed by atoms with van der Waals surface area (Å²) in [5.74, 6) is -0.0495. The van der Waals surface area contributed by atoms with Crippen LogP contribution in [0.2, 0.25) is 0 Å². The predicted molar refractivity (Wildman–Crippen MR) is 111 cm³/mol. The number of rotatable bonds is 6. The number of aryl methyl sites for hydroxylation is 2. The largest absolute Gasteiger partial charge is 0.381 e. The van der Waals surface area contributed by atoms with Crippen LogP contribution in [0.3, 0.4) is 0 Å². The van der Waals surface area contributed by atoms with Crippen molar-refractivity contribution in [3.63, 3.8) is 0 Å². The molecule has 1 N–H and O–H groups in total. The molecule has 7 heteroatoms. The maximum absolute atomic E-state index is 13.2. The molecule has 0 spiro atoms. The lowest BCUT2D eigenvalue weighted by atomic mass is 9.79. The molecule has 2 aromatic heterocycles. The van der Waals surface area contributed by atoms with Crippen molar-refractivity contribution >= 4 is 16.9 Å². The minimum atomic E-state index is -0.0495. The Balaban J connectivity index is 1.89. The third-order valence-electron chi connectivity index (χ3n) is 5.53. The average Bonchev–Trinajstić information content (AvgIpc) is 2.96. The second-order valence-corrected chi connectivity index (χ2v) is 8.67. The first kappa shape index (κ1) is 20.7. The van der Waals surface area contributed by atoms with E-state index in [1.54, 1.807) is 0 Å². The second kappa shape index (κ2) is 8.17. The van der Waals surface area contributed by atoms with E-state index in [0.29, 0.717) is 12.1 Å². The van der Waals surface area contributed by atoms with Crippen LogP contribution < -0.4 is 5.32 Å². The highest BCUT2D eigenvalue weighted by Crippen LogP contribution is 2.31. The third-order valence-corrected chi connectivity index (χ3v) is 5.53. The Morgan fingerprint density at radius 1 is 1.32 bits per heavy atom. The number of carbonyl (C=O) groups is 1. The molecular weight excluding hydrogens is 354 g/mol. The van der Waals surface area contributed by atoms with Gasteiger partial charge in [-0.25, -0.2) is 9.67 Å². The van der Waals surface area contributed by atoms with Crippen molar-refractivity contribution in [2.24, 2.45) is 5.41 Å². The zero-order valence-corrected chi connectivity index (χ0v) is 18.0. The topological polar surface area (TPSA) is 72.3 Å². The Morgan fingerprint density at radius 3 is 2.61 bits per heavy atom. The molecule has 1 saturated heterocycles.